The Morgan fingerprint density at radius 3 is 2.19 bits per heavy atom. The molecule has 10 heteroatoms. The summed E-state index contributed by atoms with van der Waals surface area (Å²) in [5.41, 5.74) is 0.0423. The first-order valence-corrected chi connectivity index (χ1v) is 10.5. The first-order chi connectivity index (χ1) is 14.7. The molecule has 3 amide bonds. The average molecular weight is 486 g/mol. The highest BCUT2D eigenvalue weighted by Crippen LogP contribution is 2.28. The lowest BCUT2D eigenvalue weighted by atomic mass is 10.0. The topological polar surface area (TPSA) is 74.8 Å². The maximum Gasteiger partial charge on any atom is 0.275 e. The lowest BCUT2D eigenvalue weighted by Crippen LogP contribution is -2.57. The van der Waals surface area contributed by atoms with Crippen LogP contribution in [0.3, 0.4) is 0 Å². The second-order valence-electron chi connectivity index (χ2n) is 6.74. The minimum Gasteiger partial charge on any atom is -0.292 e. The number of Topliss-reactive ketones (excluding diaryl/α,β-unsaturated/α-hetero) is 1. The molecule has 0 N–H and O–H groups in total. The van der Waals surface area contributed by atoms with Gasteiger partial charge in [0.2, 0.25) is 11.8 Å². The van der Waals surface area contributed by atoms with Crippen LogP contribution in [0.5, 0.6) is 0 Å². The number of nitrogens with zero attached hydrogens (tertiary/aromatic N) is 2. The van der Waals surface area contributed by atoms with Crippen molar-refractivity contribution in [3.05, 3.63) is 69.5 Å². The van der Waals surface area contributed by atoms with E-state index in [1.54, 1.807) is 0 Å². The van der Waals surface area contributed by atoms with Gasteiger partial charge in [-0.25, -0.2) is 9.40 Å². The molecule has 1 saturated heterocycles. The number of amides is 3. The fraction of sp³-hybridized carbons (Fsp3) is 0.238. The Morgan fingerprint density at radius 1 is 1.03 bits per heavy atom. The van der Waals surface area contributed by atoms with Crippen LogP contribution in [0.4, 0.5) is 4.39 Å². The van der Waals surface area contributed by atoms with E-state index in [-0.39, 0.29) is 46.3 Å². The highest BCUT2D eigenvalue weighted by atomic mass is 35.5. The van der Waals surface area contributed by atoms with Crippen LogP contribution < -0.4 is 0 Å². The molecule has 2 aromatic rings. The third kappa shape index (κ3) is 4.89. The van der Waals surface area contributed by atoms with Gasteiger partial charge < -0.3 is 0 Å². The van der Waals surface area contributed by atoms with Crippen LogP contribution in [0.2, 0.25) is 10.0 Å². The molecule has 31 heavy (non-hydrogen) atoms. The van der Waals surface area contributed by atoms with Gasteiger partial charge in [0, 0.05) is 29.3 Å². The van der Waals surface area contributed by atoms with Gasteiger partial charge in [-0.3, -0.25) is 19.2 Å². The fourth-order valence-corrected chi connectivity index (χ4v) is 3.93. The molecule has 3 rings (SSSR count). The van der Waals surface area contributed by atoms with Crippen molar-refractivity contribution in [3.63, 3.8) is 0 Å². The first-order valence-electron chi connectivity index (χ1n) is 9.24. The van der Waals surface area contributed by atoms with E-state index in [9.17, 15) is 23.6 Å². The molecule has 0 bridgehead atoms. The number of benzene rings is 2. The molecule has 1 fully saturated rings. The minimum absolute atomic E-state index is 0.0135. The molecule has 162 valence electrons. The molecule has 0 spiro atoms. The van der Waals surface area contributed by atoms with E-state index < -0.39 is 35.4 Å². The molecule has 6 nitrogen and oxygen atoms in total. The summed E-state index contributed by atoms with van der Waals surface area (Å²) in [5.74, 6) is -3.30. The van der Waals surface area contributed by atoms with Gasteiger partial charge in [-0.2, -0.15) is 5.01 Å². The van der Waals surface area contributed by atoms with Crippen LogP contribution in [0.25, 0.3) is 0 Å². The largest absolute Gasteiger partial charge is 0.292 e. The Morgan fingerprint density at radius 2 is 1.65 bits per heavy atom. The summed E-state index contributed by atoms with van der Waals surface area (Å²) in [5, 5.41) is 1.74. The van der Waals surface area contributed by atoms with Crippen molar-refractivity contribution in [2.75, 3.05) is 5.88 Å². The SMILES string of the molecule is O=C(c1ccc(F)cc1)[C@H](CCCl)N(C(=O)c1ccc(Cl)cc1Cl)N1C(=O)CCC1=O. The summed E-state index contributed by atoms with van der Waals surface area (Å²) in [6.07, 6.45) is -0.267. The van der Waals surface area contributed by atoms with E-state index >= 15 is 0 Å². The second-order valence-corrected chi connectivity index (χ2v) is 7.96. The smallest absolute Gasteiger partial charge is 0.275 e. The van der Waals surface area contributed by atoms with E-state index in [4.69, 9.17) is 34.8 Å². The lowest BCUT2D eigenvalue weighted by molar-refractivity contribution is -0.154. The van der Waals surface area contributed by atoms with Gasteiger partial charge in [-0.05, 0) is 48.9 Å². The monoisotopic (exact) mass is 484 g/mol. The number of rotatable bonds is 7. The molecule has 1 heterocycles. The fourth-order valence-electron chi connectivity index (χ4n) is 3.24. The Balaban J connectivity index is 2.11. The van der Waals surface area contributed by atoms with Crippen LogP contribution in [-0.2, 0) is 9.59 Å². The summed E-state index contributed by atoms with van der Waals surface area (Å²) in [6, 6.07) is 7.50. The van der Waals surface area contributed by atoms with E-state index in [0.29, 0.717) is 5.01 Å². The van der Waals surface area contributed by atoms with Crippen molar-refractivity contribution in [2.24, 2.45) is 0 Å². The molecule has 1 aliphatic rings. The molecule has 1 atom stereocenters. The normalized spacial score (nSPS) is 14.6. The molecule has 0 saturated carbocycles. The maximum atomic E-state index is 13.5. The number of hydrogen-bond donors (Lipinski definition) is 0. The summed E-state index contributed by atoms with van der Waals surface area (Å²) >= 11 is 18.0. The number of imide groups is 1. The summed E-state index contributed by atoms with van der Waals surface area (Å²) < 4.78 is 13.3. The zero-order valence-corrected chi connectivity index (χ0v) is 18.3. The van der Waals surface area contributed by atoms with Crippen molar-refractivity contribution in [2.45, 2.75) is 25.3 Å². The first kappa shape index (κ1) is 23.2. The van der Waals surface area contributed by atoms with Gasteiger partial charge in [0.05, 0.1) is 10.6 Å². The Kier molecular flexibility index (Phi) is 7.30. The quantitative estimate of drug-likeness (QED) is 0.328. The Labute approximate surface area is 192 Å². The third-order valence-electron chi connectivity index (χ3n) is 4.72. The zero-order chi connectivity index (χ0) is 22.7. The van der Waals surface area contributed by atoms with Gasteiger partial charge >= 0.3 is 0 Å². The molecule has 0 radical (unpaired) electrons. The number of carbonyl (C=O) groups excluding carboxylic acids is 4. The van der Waals surface area contributed by atoms with Gasteiger partial charge in [0.1, 0.15) is 11.9 Å². The predicted molar refractivity (Wildman–Crippen MR) is 114 cm³/mol. The molecule has 0 aromatic heterocycles. The molecule has 0 aliphatic carbocycles. The summed E-state index contributed by atoms with van der Waals surface area (Å²) in [4.78, 5) is 51.7. The zero-order valence-electron chi connectivity index (χ0n) is 16.0. The van der Waals surface area contributed by atoms with Crippen molar-refractivity contribution in [3.8, 4) is 0 Å². The minimum atomic E-state index is -1.30. The van der Waals surface area contributed by atoms with Gasteiger partial charge in [0.15, 0.2) is 5.78 Å². The third-order valence-corrected chi connectivity index (χ3v) is 5.49. The lowest BCUT2D eigenvalue weighted by Gasteiger charge is -2.36. The molecular formula is C21H16Cl3FN2O4. The van der Waals surface area contributed by atoms with Crippen LogP contribution in [-0.4, -0.2) is 45.4 Å². The predicted octanol–water partition coefficient (Wildman–Crippen LogP) is 4.52. The highest BCUT2D eigenvalue weighted by molar-refractivity contribution is 6.36. The number of ketones is 1. The van der Waals surface area contributed by atoms with Crippen LogP contribution in [0, 0.1) is 5.82 Å². The molecular weight excluding hydrogens is 470 g/mol. The Hall–Kier alpha value is -2.48. The van der Waals surface area contributed by atoms with Crippen molar-refractivity contribution in [1.29, 1.82) is 0 Å². The number of hydrogen-bond acceptors (Lipinski definition) is 4. The number of halogens is 4. The van der Waals surface area contributed by atoms with Crippen molar-refractivity contribution < 1.29 is 23.6 Å². The van der Waals surface area contributed by atoms with E-state index in [0.717, 1.165) is 17.1 Å². The van der Waals surface area contributed by atoms with E-state index in [2.05, 4.69) is 0 Å². The van der Waals surface area contributed by atoms with E-state index in [1.807, 2.05) is 0 Å². The molecule has 2 aromatic carbocycles. The van der Waals surface area contributed by atoms with Crippen molar-refractivity contribution >= 4 is 58.3 Å². The highest BCUT2D eigenvalue weighted by Gasteiger charge is 2.43. The van der Waals surface area contributed by atoms with Crippen LogP contribution >= 0.6 is 34.8 Å². The molecule has 1 aliphatic heterocycles. The number of hydrazine groups is 1. The van der Waals surface area contributed by atoms with E-state index in [1.165, 1.54) is 30.3 Å². The van der Waals surface area contributed by atoms with Crippen molar-refractivity contribution in [1.82, 2.24) is 10.0 Å². The standard InChI is InChI=1S/C21H16Cl3FN2O4/c22-10-9-17(20(30)12-1-4-14(25)5-2-12)26(27-18(28)7-8-19(27)29)21(31)15-6-3-13(23)11-16(15)24/h1-6,11,17H,7-10H2/t17-/m0/s1. The number of alkyl halides is 1. The van der Waals surface area contributed by atoms with Gasteiger partial charge in [-0.1, -0.05) is 23.2 Å². The summed E-state index contributed by atoms with van der Waals surface area (Å²) in [6.45, 7) is 0. The van der Waals surface area contributed by atoms with Crippen LogP contribution in [0.15, 0.2) is 42.5 Å². The maximum absolute atomic E-state index is 13.5. The Bertz CT molecular complexity index is 1030. The van der Waals surface area contributed by atoms with Gasteiger partial charge in [0.25, 0.3) is 5.91 Å². The average Bonchev–Trinajstić information content (AvgIpc) is 3.06. The second kappa shape index (κ2) is 9.77. The number of carbonyl (C=O) groups is 4. The summed E-state index contributed by atoms with van der Waals surface area (Å²) in [7, 11) is 0. The van der Waals surface area contributed by atoms with Gasteiger partial charge in [-0.15, -0.1) is 11.6 Å². The van der Waals surface area contributed by atoms with Crippen LogP contribution in [0.1, 0.15) is 40.0 Å². The molecule has 0 unspecified atom stereocenters.